The zero-order chi connectivity index (χ0) is 22.1. The summed E-state index contributed by atoms with van der Waals surface area (Å²) in [7, 11) is 0. The van der Waals surface area contributed by atoms with Crippen LogP contribution in [0.15, 0.2) is 49.7 Å². The van der Waals surface area contributed by atoms with Gasteiger partial charge in [-0.3, -0.25) is 14.7 Å². The first-order valence-corrected chi connectivity index (χ1v) is 10.5. The summed E-state index contributed by atoms with van der Waals surface area (Å²) in [5.41, 5.74) is 5.31. The largest absolute Gasteiger partial charge is 1.00 e. The number of carboxylic acids is 1. The van der Waals surface area contributed by atoms with E-state index in [1.54, 1.807) is 18.2 Å². The number of allylic oxidation sites excluding steroid dienone is 1. The van der Waals surface area contributed by atoms with Gasteiger partial charge >= 0.3 is 35.5 Å². The third-order valence-corrected chi connectivity index (χ3v) is 6.36. The Labute approximate surface area is 210 Å². The Balaban J connectivity index is 0.00000289. The maximum absolute atomic E-state index is 12.7. The van der Waals surface area contributed by atoms with Gasteiger partial charge in [0.1, 0.15) is 22.5 Å². The molecule has 2 aromatic heterocycles. The summed E-state index contributed by atoms with van der Waals surface area (Å²) in [6.45, 7) is 0. The molecular formula is C17H13N6NaO6S2. The van der Waals surface area contributed by atoms with Gasteiger partial charge in [-0.1, -0.05) is 16.4 Å². The number of oxime groups is 1. The van der Waals surface area contributed by atoms with Crippen LogP contribution in [0.4, 0.5) is 5.13 Å². The van der Waals surface area contributed by atoms with E-state index >= 15 is 0 Å². The van der Waals surface area contributed by atoms with Gasteiger partial charge in [0.2, 0.25) is 0 Å². The number of carboxylic acid groups (broad SMARTS) is 1. The van der Waals surface area contributed by atoms with E-state index < -0.39 is 34.9 Å². The van der Waals surface area contributed by atoms with Crippen LogP contribution in [0.25, 0.3) is 6.08 Å². The SMILES string of the molecule is Nc1nc(/C(=N/O)C([O-])=N[C@@H]2C(=O)N3C(C(=O)O)=C(/C=C/c4ccno4)CS[C@H]23)cs1.[Na+]. The van der Waals surface area contributed by atoms with Crippen molar-refractivity contribution < 1.29 is 59.1 Å². The van der Waals surface area contributed by atoms with Gasteiger partial charge in [-0.25, -0.2) is 9.78 Å². The van der Waals surface area contributed by atoms with E-state index in [1.807, 2.05) is 0 Å². The quantitative estimate of drug-likeness (QED) is 0.0950. The summed E-state index contributed by atoms with van der Waals surface area (Å²) in [6, 6.07) is 0.487. The fraction of sp³-hybridized carbons (Fsp3) is 0.176. The number of amides is 1. The van der Waals surface area contributed by atoms with Crippen molar-refractivity contribution in [2.45, 2.75) is 11.4 Å². The third-order valence-electron chi connectivity index (χ3n) is 4.40. The maximum atomic E-state index is 12.7. The second-order valence-corrected chi connectivity index (χ2v) is 8.23. The zero-order valence-corrected chi connectivity index (χ0v) is 20.0. The number of rotatable bonds is 6. The number of hydrogen-bond acceptors (Lipinski definition) is 12. The number of aromatic nitrogens is 2. The molecule has 160 valence electrons. The number of anilines is 1. The number of nitrogens with zero attached hydrogens (tertiary/aromatic N) is 5. The van der Waals surface area contributed by atoms with Crippen molar-refractivity contribution >= 4 is 57.8 Å². The molecule has 2 aliphatic heterocycles. The van der Waals surface area contributed by atoms with Crippen LogP contribution < -0.4 is 40.4 Å². The summed E-state index contributed by atoms with van der Waals surface area (Å²) in [5.74, 6) is -2.19. The first kappa shape index (κ1) is 24.0. The molecule has 0 aliphatic carbocycles. The van der Waals surface area contributed by atoms with Crippen LogP contribution in [0, 0.1) is 0 Å². The van der Waals surface area contributed by atoms with Crippen LogP contribution in [0.5, 0.6) is 0 Å². The van der Waals surface area contributed by atoms with Crippen LogP contribution in [0.2, 0.25) is 0 Å². The molecule has 15 heteroatoms. The fourth-order valence-corrected chi connectivity index (χ4v) is 4.87. The molecule has 1 saturated heterocycles. The number of fused-ring (bicyclic) bond motifs is 1. The van der Waals surface area contributed by atoms with Crippen LogP contribution in [-0.2, 0) is 9.59 Å². The Morgan fingerprint density at radius 1 is 1.44 bits per heavy atom. The summed E-state index contributed by atoms with van der Waals surface area (Å²) >= 11 is 2.30. The van der Waals surface area contributed by atoms with E-state index in [0.29, 0.717) is 11.3 Å². The number of nitrogens with two attached hydrogens (primary N) is 1. The number of carbonyl (C=O) groups is 2. The number of β-lactam (4-membered cyclic amide) rings is 1. The van der Waals surface area contributed by atoms with Gasteiger partial charge in [-0.2, -0.15) is 0 Å². The van der Waals surface area contributed by atoms with E-state index in [4.69, 9.17) is 10.3 Å². The molecule has 0 radical (unpaired) electrons. The molecule has 2 aliphatic rings. The molecule has 2 atom stereocenters. The van der Waals surface area contributed by atoms with Crippen LogP contribution in [0.3, 0.4) is 0 Å². The molecule has 2 aromatic rings. The average molecular weight is 484 g/mol. The van der Waals surface area contributed by atoms with Crippen molar-refractivity contribution in [1.29, 1.82) is 0 Å². The van der Waals surface area contributed by atoms with Gasteiger partial charge in [-0.05, 0) is 11.6 Å². The Morgan fingerprint density at radius 3 is 2.81 bits per heavy atom. The summed E-state index contributed by atoms with van der Waals surface area (Å²) < 4.78 is 4.94. The molecule has 0 unspecified atom stereocenters. The normalized spacial score (nSPS) is 21.4. The molecule has 1 fully saturated rings. The van der Waals surface area contributed by atoms with E-state index in [2.05, 4.69) is 20.3 Å². The molecular weight excluding hydrogens is 471 g/mol. The third kappa shape index (κ3) is 4.45. The summed E-state index contributed by atoms with van der Waals surface area (Å²) in [4.78, 5) is 33.3. The van der Waals surface area contributed by atoms with E-state index in [1.165, 1.54) is 23.3 Å². The van der Waals surface area contributed by atoms with Gasteiger partial charge < -0.3 is 25.7 Å². The van der Waals surface area contributed by atoms with E-state index in [9.17, 15) is 25.0 Å². The Bertz CT molecular complexity index is 1160. The molecule has 4 N–H and O–H groups in total. The van der Waals surface area contributed by atoms with E-state index in [-0.39, 0.29) is 51.8 Å². The molecule has 0 aromatic carbocycles. The predicted molar refractivity (Wildman–Crippen MR) is 109 cm³/mol. The second-order valence-electron chi connectivity index (χ2n) is 6.24. The van der Waals surface area contributed by atoms with Crippen molar-refractivity contribution in [2.24, 2.45) is 10.1 Å². The van der Waals surface area contributed by atoms with Gasteiger partial charge in [0.05, 0.1) is 6.20 Å². The molecule has 12 nitrogen and oxygen atoms in total. The monoisotopic (exact) mass is 484 g/mol. The topological polar surface area (TPSA) is 191 Å². The minimum absolute atomic E-state index is 0. The van der Waals surface area contributed by atoms with Gasteiger partial charge in [0, 0.05) is 23.1 Å². The van der Waals surface area contributed by atoms with Gasteiger partial charge in [0.15, 0.2) is 16.9 Å². The number of carbonyl (C=O) groups excluding carboxylic acids is 1. The first-order valence-electron chi connectivity index (χ1n) is 8.59. The van der Waals surface area contributed by atoms with Crippen LogP contribution in [0.1, 0.15) is 11.5 Å². The molecule has 0 bridgehead atoms. The number of thiazole rings is 1. The first-order chi connectivity index (χ1) is 14.9. The minimum Gasteiger partial charge on any atom is -0.857 e. The number of nitrogen functional groups attached to an aromatic ring is 1. The van der Waals surface area contributed by atoms with Crippen molar-refractivity contribution in [3.63, 3.8) is 0 Å². The van der Waals surface area contributed by atoms with Crippen molar-refractivity contribution in [3.8, 4) is 0 Å². The van der Waals surface area contributed by atoms with Gasteiger partial charge in [0.25, 0.3) is 5.91 Å². The average Bonchev–Trinajstić information content (AvgIpc) is 3.42. The van der Waals surface area contributed by atoms with Gasteiger partial charge in [-0.15, -0.1) is 23.1 Å². The second kappa shape index (κ2) is 9.87. The predicted octanol–water partition coefficient (Wildman–Crippen LogP) is -3.01. The number of aliphatic imine (C=N–C) groups is 1. The number of thioether (sulfide) groups is 1. The minimum atomic E-state index is -1.28. The fourth-order valence-electron chi connectivity index (χ4n) is 3.02. The summed E-state index contributed by atoms with van der Waals surface area (Å²) in [6.07, 6.45) is 4.54. The number of hydrogen-bond donors (Lipinski definition) is 3. The smallest absolute Gasteiger partial charge is 0.857 e. The maximum Gasteiger partial charge on any atom is 1.00 e. The zero-order valence-electron chi connectivity index (χ0n) is 16.4. The molecule has 0 spiro atoms. The van der Waals surface area contributed by atoms with Crippen molar-refractivity contribution in [1.82, 2.24) is 15.0 Å². The standard InChI is InChI=1S/C17H14N6O6S2.Na/c18-17-20-9(6-31-17)10(22-28)13(24)21-11-14(25)23-12(16(26)27)7(5-30-15(11)23)1-2-8-3-4-19-29-8;/h1-4,6,11,15,28H,5H2,(H2,18,20)(H,21,24)(H,26,27);/q;+1/p-1/b2-1+,22-10-;/t11-,15-;/m1./s1. The van der Waals surface area contributed by atoms with Crippen LogP contribution >= 0.6 is 23.1 Å². The van der Waals surface area contributed by atoms with Crippen LogP contribution in [-0.4, -0.2) is 66.0 Å². The molecule has 32 heavy (non-hydrogen) atoms. The molecule has 4 rings (SSSR count). The van der Waals surface area contributed by atoms with Crippen molar-refractivity contribution in [2.75, 3.05) is 11.5 Å². The summed E-state index contributed by atoms with van der Waals surface area (Å²) in [5, 5.41) is 38.7. The Morgan fingerprint density at radius 2 is 2.22 bits per heavy atom. The van der Waals surface area contributed by atoms with Crippen molar-refractivity contribution in [3.05, 3.63) is 46.4 Å². The Kier molecular flexibility index (Phi) is 7.40. The van der Waals surface area contributed by atoms with E-state index in [0.717, 1.165) is 16.2 Å². The molecule has 4 heterocycles. The molecule has 0 saturated carbocycles. The molecule has 1 amide bonds. The Hall–Kier alpha value is -2.65. The number of aliphatic carboxylic acids is 1.